The summed E-state index contributed by atoms with van der Waals surface area (Å²) in [6.07, 6.45) is 1.90. The molecule has 0 aromatic carbocycles. The molecule has 2 heterocycles. The Hall–Kier alpha value is -1.47. The second-order valence-corrected chi connectivity index (χ2v) is 5.20. The Morgan fingerprint density at radius 2 is 2.45 bits per heavy atom. The van der Waals surface area contributed by atoms with Gasteiger partial charge in [-0.3, -0.25) is 4.79 Å². The molecule has 0 radical (unpaired) electrons. The minimum atomic E-state index is -0.387. The summed E-state index contributed by atoms with van der Waals surface area (Å²) < 4.78 is 12.5. The Bertz CT molecular complexity index is 454. The van der Waals surface area contributed by atoms with E-state index in [0.717, 1.165) is 25.1 Å². The zero-order valence-corrected chi connectivity index (χ0v) is 12.0. The van der Waals surface area contributed by atoms with Crippen LogP contribution in [0.15, 0.2) is 0 Å². The molecule has 0 saturated carbocycles. The molecular weight excluding hydrogens is 260 g/mol. The lowest BCUT2D eigenvalue weighted by Gasteiger charge is -2.18. The summed E-state index contributed by atoms with van der Waals surface area (Å²) in [5.41, 5.74) is 6.96. The lowest BCUT2D eigenvalue weighted by atomic mass is 10.0. The van der Waals surface area contributed by atoms with Crippen molar-refractivity contribution < 1.29 is 14.3 Å². The van der Waals surface area contributed by atoms with Crippen molar-refractivity contribution in [3.63, 3.8) is 0 Å². The highest BCUT2D eigenvalue weighted by molar-refractivity contribution is 5.76. The topological polar surface area (TPSA) is 92.3 Å². The molecule has 7 heteroatoms. The van der Waals surface area contributed by atoms with Gasteiger partial charge in [0.05, 0.1) is 30.5 Å². The number of nitrogens with zero attached hydrogens (tertiary/aromatic N) is 3. The first kappa shape index (κ1) is 14.9. The molecule has 1 aromatic heterocycles. The van der Waals surface area contributed by atoms with E-state index in [1.807, 2.05) is 4.68 Å². The third-order valence-corrected chi connectivity index (χ3v) is 3.62. The minimum Gasteiger partial charge on any atom is -0.385 e. The highest BCUT2D eigenvalue weighted by Gasteiger charge is 2.28. The number of carbonyl (C=O) groups is 1. The molecular formula is C13H22N4O3. The van der Waals surface area contributed by atoms with Crippen LogP contribution in [0, 0.1) is 0 Å². The van der Waals surface area contributed by atoms with E-state index in [0.29, 0.717) is 18.9 Å². The lowest BCUT2D eigenvalue weighted by Crippen LogP contribution is -2.19. The van der Waals surface area contributed by atoms with Crippen molar-refractivity contribution in [3.05, 3.63) is 11.4 Å². The van der Waals surface area contributed by atoms with Crippen LogP contribution >= 0.6 is 0 Å². The molecule has 1 amide bonds. The van der Waals surface area contributed by atoms with Gasteiger partial charge < -0.3 is 15.2 Å². The molecule has 2 rings (SSSR count). The van der Waals surface area contributed by atoms with E-state index >= 15 is 0 Å². The molecule has 0 spiro atoms. The third kappa shape index (κ3) is 3.34. The van der Waals surface area contributed by atoms with E-state index in [2.05, 4.69) is 17.2 Å². The van der Waals surface area contributed by atoms with Gasteiger partial charge in [0.25, 0.3) is 0 Å². The maximum absolute atomic E-state index is 11.2. The van der Waals surface area contributed by atoms with Crippen molar-refractivity contribution >= 4 is 5.91 Å². The minimum absolute atomic E-state index is 0.128. The van der Waals surface area contributed by atoms with Crippen LogP contribution in [0.1, 0.15) is 43.1 Å². The second-order valence-electron chi connectivity index (χ2n) is 5.20. The first-order valence-electron chi connectivity index (χ1n) is 6.92. The van der Waals surface area contributed by atoms with Gasteiger partial charge in [0.2, 0.25) is 5.91 Å². The molecule has 0 aliphatic carbocycles. The van der Waals surface area contributed by atoms with E-state index in [4.69, 9.17) is 15.2 Å². The zero-order valence-electron chi connectivity index (χ0n) is 12.0. The van der Waals surface area contributed by atoms with Crippen LogP contribution in [-0.4, -0.2) is 47.8 Å². The Morgan fingerprint density at radius 1 is 1.65 bits per heavy atom. The fraction of sp³-hybridized carbons (Fsp3) is 0.769. The monoisotopic (exact) mass is 282 g/mol. The molecule has 1 aromatic rings. The van der Waals surface area contributed by atoms with E-state index < -0.39 is 0 Å². The Morgan fingerprint density at radius 3 is 3.05 bits per heavy atom. The Kier molecular flexibility index (Phi) is 5.08. The molecule has 2 atom stereocenters. The van der Waals surface area contributed by atoms with Crippen molar-refractivity contribution in [1.29, 1.82) is 0 Å². The van der Waals surface area contributed by atoms with Crippen LogP contribution in [0.5, 0.6) is 0 Å². The van der Waals surface area contributed by atoms with Gasteiger partial charge in [0, 0.05) is 26.2 Å². The highest BCUT2D eigenvalue weighted by atomic mass is 16.5. The summed E-state index contributed by atoms with van der Waals surface area (Å²) in [5, 5.41) is 8.36. The summed E-state index contributed by atoms with van der Waals surface area (Å²) in [4.78, 5) is 11.2. The molecule has 1 saturated heterocycles. The maximum atomic E-state index is 11.2. The van der Waals surface area contributed by atoms with Gasteiger partial charge in [0.1, 0.15) is 0 Å². The van der Waals surface area contributed by atoms with E-state index in [1.165, 1.54) is 0 Å². The van der Waals surface area contributed by atoms with Gasteiger partial charge >= 0.3 is 0 Å². The van der Waals surface area contributed by atoms with Gasteiger partial charge in [-0.25, -0.2) is 4.68 Å². The molecule has 112 valence electrons. The normalized spacial score (nSPS) is 20.2. The van der Waals surface area contributed by atoms with Gasteiger partial charge in [-0.05, 0) is 19.8 Å². The van der Waals surface area contributed by atoms with Crippen molar-refractivity contribution in [2.24, 2.45) is 5.73 Å². The first-order valence-corrected chi connectivity index (χ1v) is 6.92. The molecule has 1 aliphatic rings. The number of hydrogen-bond acceptors (Lipinski definition) is 5. The zero-order chi connectivity index (χ0) is 14.5. The van der Waals surface area contributed by atoms with Gasteiger partial charge in [-0.15, -0.1) is 5.10 Å². The second kappa shape index (κ2) is 6.81. The smallest absolute Gasteiger partial charge is 0.223 e. The van der Waals surface area contributed by atoms with Crippen molar-refractivity contribution in [2.45, 2.75) is 38.1 Å². The van der Waals surface area contributed by atoms with E-state index in [1.54, 1.807) is 7.11 Å². The predicted octanol–water partition coefficient (Wildman–Crippen LogP) is 0.407. The van der Waals surface area contributed by atoms with Crippen LogP contribution in [0.4, 0.5) is 0 Å². The largest absolute Gasteiger partial charge is 0.385 e. The number of amides is 1. The molecule has 1 aliphatic heterocycles. The highest BCUT2D eigenvalue weighted by Crippen LogP contribution is 2.29. The van der Waals surface area contributed by atoms with Crippen LogP contribution < -0.4 is 5.73 Å². The van der Waals surface area contributed by atoms with Gasteiger partial charge in [0.15, 0.2) is 0 Å². The predicted molar refractivity (Wildman–Crippen MR) is 72.3 cm³/mol. The fourth-order valence-electron chi connectivity index (χ4n) is 2.53. The summed E-state index contributed by atoms with van der Waals surface area (Å²) >= 11 is 0. The van der Waals surface area contributed by atoms with Crippen molar-refractivity contribution in [2.75, 3.05) is 26.9 Å². The van der Waals surface area contributed by atoms with Crippen LogP contribution in [0.25, 0.3) is 0 Å². The maximum Gasteiger partial charge on any atom is 0.223 e. The van der Waals surface area contributed by atoms with Crippen LogP contribution in [0.2, 0.25) is 0 Å². The quantitative estimate of drug-likeness (QED) is 0.782. The summed E-state index contributed by atoms with van der Waals surface area (Å²) in [6.45, 7) is 4.11. The number of carbonyl (C=O) groups excluding carboxylic acids is 1. The van der Waals surface area contributed by atoms with E-state index in [-0.39, 0.29) is 24.3 Å². The lowest BCUT2D eigenvalue weighted by molar-refractivity contribution is -0.117. The standard InChI is InChI=1S/C13H22N4O3/c1-9(3-5-19-2)17-13(10-4-6-20-8-10)11(15-16-17)7-12(14)18/h9-10H,3-8H2,1-2H3,(H2,14,18). The molecule has 2 N–H and O–H groups in total. The number of ether oxygens (including phenoxy) is 2. The summed E-state index contributed by atoms with van der Waals surface area (Å²) in [7, 11) is 1.68. The molecule has 0 bridgehead atoms. The van der Waals surface area contributed by atoms with Crippen LogP contribution in [-0.2, 0) is 20.7 Å². The van der Waals surface area contributed by atoms with Crippen molar-refractivity contribution in [3.8, 4) is 0 Å². The molecule has 2 unspecified atom stereocenters. The number of methoxy groups -OCH3 is 1. The number of hydrogen-bond donors (Lipinski definition) is 1. The number of aromatic nitrogens is 3. The van der Waals surface area contributed by atoms with Gasteiger partial charge in [-0.2, -0.15) is 0 Å². The number of primary amides is 1. The average Bonchev–Trinajstić information content (AvgIpc) is 3.03. The molecule has 7 nitrogen and oxygen atoms in total. The summed E-state index contributed by atoms with van der Waals surface area (Å²) in [5.74, 6) is -0.147. The van der Waals surface area contributed by atoms with E-state index in [9.17, 15) is 4.79 Å². The Balaban J connectivity index is 2.25. The third-order valence-electron chi connectivity index (χ3n) is 3.62. The van der Waals surface area contributed by atoms with Crippen LogP contribution in [0.3, 0.4) is 0 Å². The number of rotatable bonds is 7. The first-order chi connectivity index (χ1) is 9.63. The fourth-order valence-corrected chi connectivity index (χ4v) is 2.53. The van der Waals surface area contributed by atoms with Crippen molar-refractivity contribution in [1.82, 2.24) is 15.0 Å². The average molecular weight is 282 g/mol. The Labute approximate surface area is 118 Å². The summed E-state index contributed by atoms with van der Waals surface area (Å²) in [6, 6.07) is 0.166. The number of nitrogens with two attached hydrogens (primary N) is 1. The SMILES string of the molecule is COCCC(C)n1nnc(CC(N)=O)c1C1CCOC1. The molecule has 20 heavy (non-hydrogen) atoms. The molecule has 1 fully saturated rings. The van der Waals surface area contributed by atoms with Gasteiger partial charge in [-0.1, -0.05) is 5.21 Å².